The molecule has 0 aromatic rings. The minimum absolute atomic E-state index is 0.198. The molecule has 0 unspecified atom stereocenters. The molecule has 0 radical (unpaired) electrons. The largest absolute Gasteiger partial charge is 0.469 e. The maximum absolute atomic E-state index is 12.3. The predicted octanol–water partition coefficient (Wildman–Crippen LogP) is 1.09. The molecule has 1 N–H and O–H groups in total. The Bertz CT molecular complexity index is 217. The van der Waals surface area contributed by atoms with E-state index in [4.69, 9.17) is 0 Å². The number of carbonyl (C=O) groups is 1. The van der Waals surface area contributed by atoms with Crippen LogP contribution in [-0.4, -0.2) is 31.8 Å². The Morgan fingerprint density at radius 1 is 1.50 bits per heavy atom. The van der Waals surface area contributed by atoms with Crippen molar-refractivity contribution in [2.45, 2.75) is 25.1 Å². The smallest absolute Gasteiger partial charge is 0.403 e. The molecule has 3 nitrogen and oxygen atoms in total. The molecule has 0 saturated carbocycles. The van der Waals surface area contributed by atoms with Crippen molar-refractivity contribution >= 4 is 5.97 Å². The number of carbonyl (C=O) groups excluding carboxylic acids is 1. The predicted molar refractivity (Wildman–Crippen MR) is 42.6 cm³/mol. The number of alkyl halides is 3. The van der Waals surface area contributed by atoms with Crippen molar-refractivity contribution in [3.63, 3.8) is 0 Å². The number of ether oxygens (including phenoxy) is 1. The van der Waals surface area contributed by atoms with Gasteiger partial charge in [0.25, 0.3) is 0 Å². The first-order valence-electron chi connectivity index (χ1n) is 4.33. The summed E-state index contributed by atoms with van der Waals surface area (Å²) >= 11 is 0. The maximum atomic E-state index is 12.3. The molecule has 0 amide bonds. The Morgan fingerprint density at radius 2 is 2.14 bits per heavy atom. The highest BCUT2D eigenvalue weighted by Crippen LogP contribution is 2.29. The molecular weight excluding hydrogens is 199 g/mol. The average molecular weight is 211 g/mol. The third kappa shape index (κ3) is 2.60. The van der Waals surface area contributed by atoms with E-state index in [1.54, 1.807) is 0 Å². The first-order chi connectivity index (χ1) is 6.45. The van der Waals surface area contributed by atoms with Crippen molar-refractivity contribution in [2.75, 3.05) is 13.7 Å². The van der Waals surface area contributed by atoms with E-state index in [1.165, 1.54) is 7.11 Å². The molecule has 0 aromatic carbocycles. The van der Waals surface area contributed by atoms with Crippen LogP contribution in [0, 0.1) is 5.92 Å². The Hall–Kier alpha value is -0.780. The van der Waals surface area contributed by atoms with Gasteiger partial charge in [0.05, 0.1) is 13.0 Å². The first-order valence-corrected chi connectivity index (χ1v) is 4.33. The number of hydrogen-bond donors (Lipinski definition) is 1. The van der Waals surface area contributed by atoms with Crippen LogP contribution in [0.3, 0.4) is 0 Å². The fourth-order valence-corrected chi connectivity index (χ4v) is 1.55. The lowest BCUT2D eigenvalue weighted by atomic mass is 9.92. The molecule has 0 spiro atoms. The fourth-order valence-electron chi connectivity index (χ4n) is 1.55. The lowest BCUT2D eigenvalue weighted by molar-refractivity contribution is -0.169. The van der Waals surface area contributed by atoms with E-state index in [0.29, 0.717) is 6.42 Å². The molecule has 1 rings (SSSR count). The lowest BCUT2D eigenvalue weighted by Gasteiger charge is -2.30. The van der Waals surface area contributed by atoms with Crippen molar-refractivity contribution in [1.82, 2.24) is 5.32 Å². The van der Waals surface area contributed by atoms with Crippen LogP contribution in [0.4, 0.5) is 13.2 Å². The second-order valence-corrected chi connectivity index (χ2v) is 3.29. The van der Waals surface area contributed by atoms with Gasteiger partial charge in [0.15, 0.2) is 0 Å². The molecule has 1 heterocycles. The number of halogens is 3. The van der Waals surface area contributed by atoms with Crippen LogP contribution in [0.25, 0.3) is 0 Å². The molecule has 14 heavy (non-hydrogen) atoms. The van der Waals surface area contributed by atoms with Crippen molar-refractivity contribution in [1.29, 1.82) is 0 Å². The van der Waals surface area contributed by atoms with E-state index in [9.17, 15) is 18.0 Å². The van der Waals surface area contributed by atoms with Gasteiger partial charge in [0.2, 0.25) is 0 Å². The van der Waals surface area contributed by atoms with Gasteiger partial charge in [-0.15, -0.1) is 0 Å². The quantitative estimate of drug-likeness (QED) is 0.660. The molecule has 82 valence electrons. The van der Waals surface area contributed by atoms with Gasteiger partial charge < -0.3 is 10.1 Å². The van der Waals surface area contributed by atoms with Crippen LogP contribution in [-0.2, 0) is 9.53 Å². The van der Waals surface area contributed by atoms with E-state index >= 15 is 0 Å². The number of methoxy groups -OCH3 is 1. The van der Waals surface area contributed by atoms with Crippen molar-refractivity contribution < 1.29 is 22.7 Å². The number of nitrogens with one attached hydrogen (secondary N) is 1. The molecular formula is C8H12F3NO2. The summed E-state index contributed by atoms with van der Waals surface area (Å²) in [6.45, 7) is 0.198. The van der Waals surface area contributed by atoms with Gasteiger partial charge in [0.1, 0.15) is 6.04 Å². The Kier molecular flexibility index (Phi) is 3.36. The lowest BCUT2D eigenvalue weighted by Crippen LogP contribution is -2.49. The minimum atomic E-state index is -4.29. The topological polar surface area (TPSA) is 38.3 Å². The zero-order valence-electron chi connectivity index (χ0n) is 7.73. The highest BCUT2D eigenvalue weighted by atomic mass is 19.4. The fraction of sp³-hybridized carbons (Fsp3) is 0.875. The van der Waals surface area contributed by atoms with Gasteiger partial charge in [-0.3, -0.25) is 4.79 Å². The van der Waals surface area contributed by atoms with Gasteiger partial charge in [-0.25, -0.2) is 0 Å². The average Bonchev–Trinajstić information content (AvgIpc) is 2.15. The van der Waals surface area contributed by atoms with Crippen LogP contribution < -0.4 is 5.32 Å². The van der Waals surface area contributed by atoms with E-state index in [2.05, 4.69) is 10.1 Å². The Labute approximate surface area is 79.6 Å². The van der Waals surface area contributed by atoms with Crippen molar-refractivity contribution in [3.8, 4) is 0 Å². The van der Waals surface area contributed by atoms with Crippen LogP contribution in [0.5, 0.6) is 0 Å². The summed E-state index contributed by atoms with van der Waals surface area (Å²) in [5, 5.41) is 2.34. The highest BCUT2D eigenvalue weighted by molar-refractivity contribution is 5.72. The summed E-state index contributed by atoms with van der Waals surface area (Å²) in [5.74, 6) is -1.19. The summed E-state index contributed by atoms with van der Waals surface area (Å²) in [6, 6.07) is -1.58. The first kappa shape index (κ1) is 11.3. The third-order valence-electron chi connectivity index (χ3n) is 2.33. The normalized spacial score (nSPS) is 28.6. The van der Waals surface area contributed by atoms with Crippen LogP contribution in [0.15, 0.2) is 0 Å². The number of esters is 1. The Balaban J connectivity index is 2.56. The van der Waals surface area contributed by atoms with E-state index in [-0.39, 0.29) is 13.0 Å². The van der Waals surface area contributed by atoms with Crippen LogP contribution in [0.2, 0.25) is 0 Å². The Morgan fingerprint density at radius 3 is 2.64 bits per heavy atom. The van der Waals surface area contributed by atoms with E-state index in [1.807, 2.05) is 0 Å². The van der Waals surface area contributed by atoms with Crippen LogP contribution >= 0.6 is 0 Å². The molecule has 1 saturated heterocycles. The highest BCUT2D eigenvalue weighted by Gasteiger charge is 2.43. The summed E-state index contributed by atoms with van der Waals surface area (Å²) in [5.41, 5.74) is 0. The van der Waals surface area contributed by atoms with E-state index < -0.39 is 24.1 Å². The maximum Gasteiger partial charge on any atom is 0.403 e. The SMILES string of the molecule is COC(=O)[C@@H]1CCN[C@H](C(F)(F)F)C1. The van der Waals surface area contributed by atoms with Crippen LogP contribution in [0.1, 0.15) is 12.8 Å². The summed E-state index contributed by atoms with van der Waals surface area (Å²) in [6.07, 6.45) is -4.11. The number of piperidine rings is 1. The monoisotopic (exact) mass is 211 g/mol. The molecule has 0 bridgehead atoms. The molecule has 1 aliphatic rings. The van der Waals surface area contributed by atoms with Gasteiger partial charge in [-0.1, -0.05) is 0 Å². The molecule has 2 atom stereocenters. The summed E-state index contributed by atoms with van der Waals surface area (Å²) < 4.78 is 41.2. The van der Waals surface area contributed by atoms with Gasteiger partial charge in [0, 0.05) is 0 Å². The molecule has 6 heteroatoms. The van der Waals surface area contributed by atoms with E-state index in [0.717, 1.165) is 0 Å². The van der Waals surface area contributed by atoms with Gasteiger partial charge in [-0.05, 0) is 19.4 Å². The van der Waals surface area contributed by atoms with Crippen molar-refractivity contribution in [2.24, 2.45) is 5.92 Å². The number of hydrogen-bond acceptors (Lipinski definition) is 3. The second-order valence-electron chi connectivity index (χ2n) is 3.29. The van der Waals surface area contributed by atoms with Crippen molar-refractivity contribution in [3.05, 3.63) is 0 Å². The number of rotatable bonds is 1. The van der Waals surface area contributed by atoms with Gasteiger partial charge >= 0.3 is 12.1 Å². The molecule has 1 fully saturated rings. The third-order valence-corrected chi connectivity index (χ3v) is 2.33. The molecule has 0 aromatic heterocycles. The zero-order chi connectivity index (χ0) is 10.8. The minimum Gasteiger partial charge on any atom is -0.469 e. The standard InChI is InChI=1S/C8H12F3NO2/c1-14-7(13)5-2-3-12-6(4-5)8(9,10)11/h5-6,12H,2-4H2,1H3/t5-,6+/m1/s1. The molecule has 1 aliphatic heterocycles. The summed E-state index contributed by atoms with van der Waals surface area (Å²) in [4.78, 5) is 11.0. The molecule has 0 aliphatic carbocycles. The summed E-state index contributed by atoms with van der Waals surface area (Å²) in [7, 11) is 1.19. The zero-order valence-corrected chi connectivity index (χ0v) is 7.73. The van der Waals surface area contributed by atoms with Gasteiger partial charge in [-0.2, -0.15) is 13.2 Å². The second kappa shape index (κ2) is 4.16.